The molecule has 3 heteroatoms. The summed E-state index contributed by atoms with van der Waals surface area (Å²) in [7, 11) is 2.00. The van der Waals surface area contributed by atoms with Crippen molar-refractivity contribution in [1.82, 2.24) is 9.55 Å². The molecule has 0 atom stereocenters. The zero-order valence-electron chi connectivity index (χ0n) is 10.1. The largest absolute Gasteiger partial charge is 0.326 e. The van der Waals surface area contributed by atoms with E-state index in [-0.39, 0.29) is 0 Å². The van der Waals surface area contributed by atoms with Crippen molar-refractivity contribution in [2.75, 3.05) is 0 Å². The second kappa shape index (κ2) is 4.45. The van der Waals surface area contributed by atoms with Crippen LogP contribution in [0.5, 0.6) is 0 Å². The molecule has 3 aromatic rings. The Labute approximate surface area is 105 Å². The summed E-state index contributed by atoms with van der Waals surface area (Å²) >= 11 is 0. The first-order chi connectivity index (χ1) is 8.84. The number of nitrogens with zero attached hydrogens (tertiary/aromatic N) is 3. The van der Waals surface area contributed by atoms with E-state index in [1.807, 2.05) is 60.1 Å². The first-order valence-corrected chi connectivity index (χ1v) is 5.85. The predicted molar refractivity (Wildman–Crippen MR) is 74.4 cm³/mol. The average molecular weight is 235 g/mol. The van der Waals surface area contributed by atoms with Crippen LogP contribution in [0.1, 0.15) is 5.82 Å². The molecule has 0 saturated carbocycles. The van der Waals surface area contributed by atoms with Crippen molar-refractivity contribution in [2.24, 2.45) is 12.0 Å². The lowest BCUT2D eigenvalue weighted by Gasteiger charge is -1.96. The van der Waals surface area contributed by atoms with Crippen LogP contribution in [0.2, 0.25) is 0 Å². The molecule has 1 heterocycles. The highest BCUT2D eigenvalue weighted by Crippen LogP contribution is 2.14. The van der Waals surface area contributed by atoms with Crippen molar-refractivity contribution in [2.45, 2.75) is 0 Å². The highest BCUT2D eigenvalue weighted by Gasteiger charge is 2.03. The van der Waals surface area contributed by atoms with Crippen molar-refractivity contribution >= 4 is 22.9 Å². The van der Waals surface area contributed by atoms with Gasteiger partial charge in [-0.1, -0.05) is 30.3 Å². The third-order valence-corrected chi connectivity index (χ3v) is 2.91. The number of rotatable bonds is 2. The minimum absolute atomic E-state index is 0.861. The van der Waals surface area contributed by atoms with Crippen molar-refractivity contribution in [3.63, 3.8) is 0 Å². The monoisotopic (exact) mass is 235 g/mol. The molecule has 0 fully saturated rings. The van der Waals surface area contributed by atoms with Crippen LogP contribution in [0.15, 0.2) is 59.6 Å². The Kier molecular flexibility index (Phi) is 2.65. The molecule has 88 valence electrons. The molecule has 3 rings (SSSR count). The molecule has 3 nitrogen and oxygen atoms in total. The Morgan fingerprint density at radius 3 is 2.50 bits per heavy atom. The molecule has 2 aromatic carbocycles. The second-order valence-electron chi connectivity index (χ2n) is 4.11. The van der Waals surface area contributed by atoms with Crippen molar-refractivity contribution < 1.29 is 0 Å². The summed E-state index contributed by atoms with van der Waals surface area (Å²) in [4.78, 5) is 8.97. The molecule has 0 spiro atoms. The van der Waals surface area contributed by atoms with Crippen LogP contribution >= 0.6 is 0 Å². The number of hydrogen-bond acceptors (Lipinski definition) is 2. The van der Waals surface area contributed by atoms with Gasteiger partial charge in [-0.15, -0.1) is 0 Å². The van der Waals surface area contributed by atoms with Gasteiger partial charge >= 0.3 is 0 Å². The first-order valence-electron chi connectivity index (χ1n) is 5.85. The molecule has 0 bridgehead atoms. The molecule has 0 radical (unpaired) electrons. The summed E-state index contributed by atoms with van der Waals surface area (Å²) in [6.07, 6.45) is 1.80. The van der Waals surface area contributed by atoms with Crippen molar-refractivity contribution in [3.8, 4) is 0 Å². The lowest BCUT2D eigenvalue weighted by atomic mass is 10.3. The number of fused-ring (bicyclic) bond motifs is 1. The van der Waals surface area contributed by atoms with E-state index in [9.17, 15) is 0 Å². The van der Waals surface area contributed by atoms with Crippen LogP contribution in [0.3, 0.4) is 0 Å². The Morgan fingerprint density at radius 1 is 1.00 bits per heavy atom. The smallest absolute Gasteiger partial charge is 0.152 e. The molecule has 0 unspecified atom stereocenters. The highest BCUT2D eigenvalue weighted by molar-refractivity contribution is 5.86. The molecule has 0 aliphatic rings. The number of aliphatic imine (C=N–C) groups is 1. The fraction of sp³-hybridized carbons (Fsp3) is 0.0667. The van der Waals surface area contributed by atoms with Gasteiger partial charge in [-0.05, 0) is 24.3 Å². The lowest BCUT2D eigenvalue weighted by molar-refractivity contribution is 0.935. The number of aromatic nitrogens is 2. The number of benzene rings is 2. The maximum absolute atomic E-state index is 4.54. The maximum Gasteiger partial charge on any atom is 0.152 e. The van der Waals surface area contributed by atoms with Gasteiger partial charge in [-0.2, -0.15) is 0 Å². The standard InChI is InChI=1S/C15H13N3/c1-18-14-10-6-5-9-13(14)17-15(18)11-16-12-7-3-2-4-8-12/h2-11H,1H3. The van der Waals surface area contributed by atoms with E-state index in [1.165, 1.54) is 0 Å². The maximum atomic E-state index is 4.54. The molecule has 0 amide bonds. The summed E-state index contributed by atoms with van der Waals surface area (Å²) in [5.41, 5.74) is 3.05. The first kappa shape index (κ1) is 10.7. The summed E-state index contributed by atoms with van der Waals surface area (Å²) in [5, 5.41) is 0. The van der Waals surface area contributed by atoms with E-state index in [2.05, 4.69) is 16.0 Å². The average Bonchev–Trinajstić information content (AvgIpc) is 2.75. The summed E-state index contributed by atoms with van der Waals surface area (Å²) < 4.78 is 2.04. The normalized spacial score (nSPS) is 11.4. The van der Waals surface area contributed by atoms with Gasteiger partial charge in [-0.25, -0.2) is 4.98 Å². The molecule has 0 aliphatic carbocycles. The van der Waals surface area contributed by atoms with Crippen LogP contribution in [0.25, 0.3) is 11.0 Å². The Bertz CT molecular complexity index is 696. The van der Waals surface area contributed by atoms with E-state index in [1.54, 1.807) is 6.21 Å². The van der Waals surface area contributed by atoms with Crippen molar-refractivity contribution in [1.29, 1.82) is 0 Å². The number of hydrogen-bond donors (Lipinski definition) is 0. The van der Waals surface area contributed by atoms with E-state index in [4.69, 9.17) is 0 Å². The third-order valence-electron chi connectivity index (χ3n) is 2.91. The molecule has 1 aromatic heterocycles. The lowest BCUT2D eigenvalue weighted by Crippen LogP contribution is -1.95. The number of imidazole rings is 1. The fourth-order valence-corrected chi connectivity index (χ4v) is 1.93. The minimum atomic E-state index is 0.861. The molecule has 0 saturated heterocycles. The Balaban J connectivity index is 2.00. The van der Waals surface area contributed by atoms with Gasteiger partial charge in [-0.3, -0.25) is 4.99 Å². The van der Waals surface area contributed by atoms with Gasteiger partial charge in [0.15, 0.2) is 5.82 Å². The van der Waals surface area contributed by atoms with E-state index < -0.39 is 0 Å². The molecule has 0 aliphatic heterocycles. The quantitative estimate of drug-likeness (QED) is 0.627. The van der Waals surface area contributed by atoms with E-state index in [0.717, 1.165) is 22.5 Å². The van der Waals surface area contributed by atoms with E-state index in [0.29, 0.717) is 0 Å². The predicted octanol–water partition coefficient (Wildman–Crippen LogP) is 3.32. The van der Waals surface area contributed by atoms with Gasteiger partial charge in [0.1, 0.15) is 0 Å². The van der Waals surface area contributed by atoms with Gasteiger partial charge in [0.2, 0.25) is 0 Å². The SMILES string of the molecule is Cn1c(C=Nc2ccccc2)nc2ccccc21. The third kappa shape index (κ3) is 1.91. The zero-order chi connectivity index (χ0) is 12.4. The fourth-order valence-electron chi connectivity index (χ4n) is 1.93. The number of aryl methyl sites for hydroxylation is 1. The van der Waals surface area contributed by atoms with Gasteiger partial charge < -0.3 is 4.57 Å². The highest BCUT2D eigenvalue weighted by atomic mass is 15.1. The second-order valence-corrected chi connectivity index (χ2v) is 4.11. The summed E-state index contributed by atoms with van der Waals surface area (Å²) in [6, 6.07) is 17.9. The molecule has 0 N–H and O–H groups in total. The van der Waals surface area contributed by atoms with Crippen LogP contribution in [-0.2, 0) is 7.05 Å². The molecular weight excluding hydrogens is 222 g/mol. The summed E-state index contributed by atoms with van der Waals surface area (Å²) in [5.74, 6) is 0.861. The van der Waals surface area contributed by atoms with Gasteiger partial charge in [0, 0.05) is 7.05 Å². The van der Waals surface area contributed by atoms with Gasteiger partial charge in [0.05, 0.1) is 22.9 Å². The number of para-hydroxylation sites is 3. The van der Waals surface area contributed by atoms with Crippen LogP contribution in [0.4, 0.5) is 5.69 Å². The van der Waals surface area contributed by atoms with E-state index >= 15 is 0 Å². The summed E-state index contributed by atoms with van der Waals surface area (Å²) in [6.45, 7) is 0. The zero-order valence-corrected chi connectivity index (χ0v) is 10.1. The van der Waals surface area contributed by atoms with Crippen LogP contribution in [-0.4, -0.2) is 15.8 Å². The Hall–Kier alpha value is -2.42. The topological polar surface area (TPSA) is 30.2 Å². The molecular formula is C15H13N3. The van der Waals surface area contributed by atoms with Crippen LogP contribution in [0, 0.1) is 0 Å². The molecule has 18 heavy (non-hydrogen) atoms. The van der Waals surface area contributed by atoms with Crippen molar-refractivity contribution in [3.05, 3.63) is 60.4 Å². The van der Waals surface area contributed by atoms with Gasteiger partial charge in [0.25, 0.3) is 0 Å². The van der Waals surface area contributed by atoms with Crippen LogP contribution < -0.4 is 0 Å². The Morgan fingerprint density at radius 2 is 1.72 bits per heavy atom. The minimum Gasteiger partial charge on any atom is -0.326 e.